The van der Waals surface area contributed by atoms with Crippen molar-refractivity contribution in [2.45, 2.75) is 0 Å². The SMILES string of the molecule is COc1ccc(OC)c(-c2cc(=O)cc[nH]2)c1. The van der Waals surface area contributed by atoms with Gasteiger partial charge in [-0.15, -0.1) is 0 Å². The molecule has 0 spiro atoms. The molecule has 0 aliphatic rings. The van der Waals surface area contributed by atoms with E-state index in [1.54, 1.807) is 26.5 Å². The second-order valence-corrected chi connectivity index (χ2v) is 3.50. The van der Waals surface area contributed by atoms with Gasteiger partial charge in [-0.3, -0.25) is 4.79 Å². The lowest BCUT2D eigenvalue weighted by Crippen LogP contribution is -1.99. The molecule has 0 radical (unpaired) electrons. The Morgan fingerprint density at radius 2 is 1.88 bits per heavy atom. The van der Waals surface area contributed by atoms with Gasteiger partial charge in [-0.05, 0) is 18.2 Å². The maximum Gasteiger partial charge on any atom is 0.182 e. The minimum absolute atomic E-state index is 0.0522. The normalized spacial score (nSPS) is 10.0. The number of aromatic nitrogens is 1. The largest absolute Gasteiger partial charge is 0.497 e. The number of hydrogen-bond donors (Lipinski definition) is 1. The van der Waals surface area contributed by atoms with Crippen LogP contribution >= 0.6 is 0 Å². The molecule has 0 saturated carbocycles. The van der Waals surface area contributed by atoms with E-state index in [1.807, 2.05) is 12.1 Å². The molecule has 0 unspecified atom stereocenters. The van der Waals surface area contributed by atoms with Crippen LogP contribution in [0.15, 0.2) is 41.3 Å². The first-order chi connectivity index (χ1) is 8.24. The van der Waals surface area contributed by atoms with Gasteiger partial charge in [0, 0.05) is 23.9 Å². The molecule has 0 bridgehead atoms. The number of aromatic amines is 1. The zero-order valence-corrected chi connectivity index (χ0v) is 9.69. The molecular weight excluding hydrogens is 218 g/mol. The molecule has 1 N–H and O–H groups in total. The lowest BCUT2D eigenvalue weighted by molar-refractivity contribution is 0.404. The van der Waals surface area contributed by atoms with Crippen LogP contribution in [-0.4, -0.2) is 19.2 Å². The van der Waals surface area contributed by atoms with E-state index in [0.29, 0.717) is 17.2 Å². The first-order valence-electron chi connectivity index (χ1n) is 5.15. The molecule has 4 nitrogen and oxygen atoms in total. The van der Waals surface area contributed by atoms with Crippen LogP contribution in [0.2, 0.25) is 0 Å². The van der Waals surface area contributed by atoms with Crippen molar-refractivity contribution in [3.63, 3.8) is 0 Å². The standard InChI is InChI=1S/C13H13NO3/c1-16-10-3-4-13(17-2)11(8-10)12-7-9(15)5-6-14-12/h3-8H,1-2H3,(H,14,15). The Labute approximate surface area is 98.8 Å². The number of rotatable bonds is 3. The molecule has 0 fully saturated rings. The molecule has 0 saturated heterocycles. The zero-order valence-electron chi connectivity index (χ0n) is 9.69. The van der Waals surface area contributed by atoms with E-state index in [1.165, 1.54) is 12.1 Å². The highest BCUT2D eigenvalue weighted by molar-refractivity contribution is 5.68. The summed E-state index contributed by atoms with van der Waals surface area (Å²) in [4.78, 5) is 14.3. The molecule has 4 heteroatoms. The summed E-state index contributed by atoms with van der Waals surface area (Å²) >= 11 is 0. The van der Waals surface area contributed by atoms with Crippen molar-refractivity contribution in [1.29, 1.82) is 0 Å². The smallest absolute Gasteiger partial charge is 0.182 e. The fourth-order valence-corrected chi connectivity index (χ4v) is 1.63. The van der Waals surface area contributed by atoms with Gasteiger partial charge in [0.1, 0.15) is 11.5 Å². The third-order valence-corrected chi connectivity index (χ3v) is 2.47. The molecule has 1 aromatic carbocycles. The minimum atomic E-state index is -0.0522. The molecule has 0 amide bonds. The molecule has 0 aliphatic heterocycles. The molecular formula is C13H13NO3. The molecule has 2 aromatic rings. The van der Waals surface area contributed by atoms with E-state index in [4.69, 9.17) is 9.47 Å². The van der Waals surface area contributed by atoms with Crippen LogP contribution in [0.3, 0.4) is 0 Å². The first-order valence-corrected chi connectivity index (χ1v) is 5.15. The highest BCUT2D eigenvalue weighted by atomic mass is 16.5. The summed E-state index contributed by atoms with van der Waals surface area (Å²) in [6.07, 6.45) is 1.61. The Morgan fingerprint density at radius 1 is 1.06 bits per heavy atom. The van der Waals surface area contributed by atoms with Crippen LogP contribution in [0.25, 0.3) is 11.3 Å². The van der Waals surface area contributed by atoms with Crippen molar-refractivity contribution < 1.29 is 9.47 Å². The van der Waals surface area contributed by atoms with Crippen LogP contribution < -0.4 is 14.9 Å². The molecule has 0 aliphatic carbocycles. The van der Waals surface area contributed by atoms with Crippen LogP contribution in [0.5, 0.6) is 11.5 Å². The third kappa shape index (κ3) is 2.30. The second-order valence-electron chi connectivity index (χ2n) is 3.50. The molecule has 1 aromatic heterocycles. The van der Waals surface area contributed by atoms with E-state index in [0.717, 1.165) is 5.56 Å². The quantitative estimate of drug-likeness (QED) is 0.879. The van der Waals surface area contributed by atoms with Gasteiger partial charge < -0.3 is 14.5 Å². The Bertz CT molecular complexity index is 575. The second kappa shape index (κ2) is 4.74. The monoisotopic (exact) mass is 231 g/mol. The number of H-pyrrole nitrogens is 1. The predicted octanol–water partition coefficient (Wildman–Crippen LogP) is 2.06. The van der Waals surface area contributed by atoms with Crippen molar-refractivity contribution in [1.82, 2.24) is 4.98 Å². The van der Waals surface area contributed by atoms with Crippen molar-refractivity contribution in [2.75, 3.05) is 14.2 Å². The number of methoxy groups -OCH3 is 2. The lowest BCUT2D eigenvalue weighted by Gasteiger charge is -2.10. The Morgan fingerprint density at radius 3 is 2.53 bits per heavy atom. The maximum absolute atomic E-state index is 11.3. The van der Waals surface area contributed by atoms with E-state index >= 15 is 0 Å². The average Bonchev–Trinajstić information content (AvgIpc) is 2.38. The van der Waals surface area contributed by atoms with Gasteiger partial charge in [0.15, 0.2) is 5.43 Å². The van der Waals surface area contributed by atoms with Crippen LogP contribution in [0, 0.1) is 0 Å². The molecule has 2 rings (SSSR count). The average molecular weight is 231 g/mol. The fourth-order valence-electron chi connectivity index (χ4n) is 1.63. The number of nitrogens with one attached hydrogen (secondary N) is 1. The van der Waals surface area contributed by atoms with Gasteiger partial charge in [-0.2, -0.15) is 0 Å². The van der Waals surface area contributed by atoms with E-state index < -0.39 is 0 Å². The summed E-state index contributed by atoms with van der Waals surface area (Å²) in [5, 5.41) is 0. The van der Waals surface area contributed by atoms with Crippen molar-refractivity contribution in [2.24, 2.45) is 0 Å². The van der Waals surface area contributed by atoms with E-state index in [-0.39, 0.29) is 5.43 Å². The van der Waals surface area contributed by atoms with E-state index in [2.05, 4.69) is 4.98 Å². The van der Waals surface area contributed by atoms with Crippen molar-refractivity contribution in [3.8, 4) is 22.8 Å². The van der Waals surface area contributed by atoms with Gasteiger partial charge in [0.2, 0.25) is 0 Å². The molecule has 88 valence electrons. The van der Waals surface area contributed by atoms with Gasteiger partial charge in [0.25, 0.3) is 0 Å². The van der Waals surface area contributed by atoms with Gasteiger partial charge in [-0.1, -0.05) is 0 Å². The molecule has 1 heterocycles. The summed E-state index contributed by atoms with van der Waals surface area (Å²) in [7, 11) is 3.19. The zero-order chi connectivity index (χ0) is 12.3. The Balaban J connectivity index is 2.59. The van der Waals surface area contributed by atoms with Gasteiger partial charge in [-0.25, -0.2) is 0 Å². The summed E-state index contributed by atoms with van der Waals surface area (Å²) < 4.78 is 10.4. The predicted molar refractivity (Wildman–Crippen MR) is 65.6 cm³/mol. The summed E-state index contributed by atoms with van der Waals surface area (Å²) in [5.74, 6) is 1.40. The third-order valence-electron chi connectivity index (χ3n) is 2.47. The number of benzene rings is 1. The van der Waals surface area contributed by atoms with Crippen LogP contribution in [0.1, 0.15) is 0 Å². The van der Waals surface area contributed by atoms with Crippen LogP contribution in [-0.2, 0) is 0 Å². The highest BCUT2D eigenvalue weighted by Crippen LogP contribution is 2.31. The summed E-state index contributed by atoms with van der Waals surface area (Å²) in [5.41, 5.74) is 1.45. The van der Waals surface area contributed by atoms with Gasteiger partial charge >= 0.3 is 0 Å². The Kier molecular flexibility index (Phi) is 3.14. The topological polar surface area (TPSA) is 51.3 Å². The first kappa shape index (κ1) is 11.3. The van der Waals surface area contributed by atoms with Crippen molar-refractivity contribution >= 4 is 0 Å². The van der Waals surface area contributed by atoms with E-state index in [9.17, 15) is 4.79 Å². The fraction of sp³-hybridized carbons (Fsp3) is 0.154. The van der Waals surface area contributed by atoms with Crippen LogP contribution in [0.4, 0.5) is 0 Å². The molecule has 0 atom stereocenters. The highest BCUT2D eigenvalue weighted by Gasteiger charge is 2.08. The number of pyridine rings is 1. The lowest BCUT2D eigenvalue weighted by atomic mass is 10.1. The number of hydrogen-bond acceptors (Lipinski definition) is 3. The van der Waals surface area contributed by atoms with Gasteiger partial charge in [0.05, 0.1) is 19.9 Å². The van der Waals surface area contributed by atoms with Crippen molar-refractivity contribution in [3.05, 3.63) is 46.8 Å². The maximum atomic E-state index is 11.3. The molecule has 17 heavy (non-hydrogen) atoms. The summed E-state index contributed by atoms with van der Waals surface area (Å²) in [6.45, 7) is 0. The number of ether oxygens (including phenoxy) is 2. The minimum Gasteiger partial charge on any atom is -0.497 e. The Hall–Kier alpha value is -2.23. The summed E-state index contributed by atoms with van der Waals surface area (Å²) in [6, 6.07) is 8.43.